The molecule has 0 atom stereocenters. The van der Waals surface area contributed by atoms with E-state index in [4.69, 9.17) is 9.47 Å². The standard InChI is InChI=1S/C36H48O3/c1-33(2,3)26-19-24(20-27(30(26)38-13)34(4,5)6)25-21-28(35(7,8)9)31(29(22-25)36(10,11)12)39-32(37)23-17-15-14-16-18-23/h14-22H,1-13H3. The predicted molar refractivity (Wildman–Crippen MR) is 165 cm³/mol. The van der Waals surface area contributed by atoms with Crippen molar-refractivity contribution in [1.29, 1.82) is 0 Å². The second kappa shape index (κ2) is 10.5. The van der Waals surface area contributed by atoms with Crippen molar-refractivity contribution in [3.8, 4) is 22.6 Å². The Labute approximate surface area is 237 Å². The van der Waals surface area contributed by atoms with E-state index in [-0.39, 0.29) is 27.6 Å². The van der Waals surface area contributed by atoms with Gasteiger partial charge < -0.3 is 9.47 Å². The molecular formula is C36H48O3. The summed E-state index contributed by atoms with van der Waals surface area (Å²) in [6.45, 7) is 26.4. The Morgan fingerprint density at radius 1 is 0.538 bits per heavy atom. The molecule has 0 aliphatic heterocycles. The molecule has 0 saturated heterocycles. The average Bonchev–Trinajstić information content (AvgIpc) is 2.81. The van der Waals surface area contributed by atoms with Gasteiger partial charge in [0.2, 0.25) is 0 Å². The summed E-state index contributed by atoms with van der Waals surface area (Å²) in [5.41, 5.74) is 6.47. The third-order valence-corrected chi connectivity index (χ3v) is 7.15. The maximum Gasteiger partial charge on any atom is 0.343 e. The first-order valence-corrected chi connectivity index (χ1v) is 13.9. The first kappa shape index (κ1) is 30.5. The van der Waals surface area contributed by atoms with Crippen LogP contribution in [0.25, 0.3) is 11.1 Å². The molecule has 0 bridgehead atoms. The summed E-state index contributed by atoms with van der Waals surface area (Å²) in [4.78, 5) is 13.3. The fourth-order valence-electron chi connectivity index (χ4n) is 4.88. The van der Waals surface area contributed by atoms with Crippen LogP contribution in [0.15, 0.2) is 54.6 Å². The largest absolute Gasteiger partial charge is 0.496 e. The zero-order valence-electron chi connectivity index (χ0n) is 26.4. The Kier molecular flexibility index (Phi) is 8.19. The van der Waals surface area contributed by atoms with E-state index >= 15 is 0 Å². The number of methoxy groups -OCH3 is 1. The van der Waals surface area contributed by atoms with Gasteiger partial charge in [0.05, 0.1) is 12.7 Å². The van der Waals surface area contributed by atoms with Crippen molar-refractivity contribution in [2.75, 3.05) is 7.11 Å². The lowest BCUT2D eigenvalue weighted by molar-refractivity contribution is 0.0729. The molecule has 39 heavy (non-hydrogen) atoms. The fraction of sp³-hybridized carbons (Fsp3) is 0.472. The zero-order valence-corrected chi connectivity index (χ0v) is 26.4. The van der Waals surface area contributed by atoms with Crippen LogP contribution in [0.1, 0.15) is 116 Å². The summed E-state index contributed by atoms with van der Waals surface area (Å²) in [5.74, 6) is 1.28. The van der Waals surface area contributed by atoms with Gasteiger partial charge in [0, 0.05) is 22.3 Å². The topological polar surface area (TPSA) is 35.5 Å². The van der Waals surface area contributed by atoms with E-state index in [1.807, 2.05) is 18.2 Å². The van der Waals surface area contributed by atoms with Gasteiger partial charge in [-0.1, -0.05) is 101 Å². The summed E-state index contributed by atoms with van der Waals surface area (Å²) in [5, 5.41) is 0. The SMILES string of the molecule is COc1c(C(C)(C)C)cc(-c2cc(C(C)(C)C)c(OC(=O)c3ccccc3)c(C(C)(C)C)c2)cc1C(C)(C)C. The summed E-state index contributed by atoms with van der Waals surface area (Å²) >= 11 is 0. The number of rotatable bonds is 4. The number of benzene rings is 3. The minimum absolute atomic E-state index is 0.105. The van der Waals surface area contributed by atoms with E-state index in [1.54, 1.807) is 19.2 Å². The Morgan fingerprint density at radius 2 is 0.872 bits per heavy atom. The lowest BCUT2D eigenvalue weighted by Gasteiger charge is -2.32. The third kappa shape index (κ3) is 6.75. The van der Waals surface area contributed by atoms with E-state index in [0.717, 1.165) is 28.0 Å². The molecule has 0 heterocycles. The summed E-state index contributed by atoms with van der Waals surface area (Å²) < 4.78 is 12.3. The fourth-order valence-corrected chi connectivity index (χ4v) is 4.88. The average molecular weight is 529 g/mol. The van der Waals surface area contributed by atoms with Gasteiger partial charge in [-0.15, -0.1) is 0 Å². The van der Waals surface area contributed by atoms with Crippen molar-refractivity contribution in [3.63, 3.8) is 0 Å². The molecule has 0 amide bonds. The number of carbonyl (C=O) groups excluding carboxylic acids is 1. The van der Waals surface area contributed by atoms with Crippen molar-refractivity contribution < 1.29 is 14.3 Å². The molecule has 0 radical (unpaired) electrons. The van der Waals surface area contributed by atoms with E-state index in [1.165, 1.54) is 11.1 Å². The summed E-state index contributed by atoms with van der Waals surface area (Å²) in [6.07, 6.45) is 0. The zero-order chi connectivity index (χ0) is 29.6. The maximum absolute atomic E-state index is 13.3. The highest BCUT2D eigenvalue weighted by Gasteiger charge is 2.32. The molecule has 3 nitrogen and oxygen atoms in total. The molecule has 3 heteroatoms. The molecule has 0 spiro atoms. The van der Waals surface area contributed by atoms with Crippen LogP contribution in [0.5, 0.6) is 11.5 Å². The monoisotopic (exact) mass is 528 g/mol. The highest BCUT2D eigenvalue weighted by Crippen LogP contribution is 2.46. The summed E-state index contributed by atoms with van der Waals surface area (Å²) in [7, 11) is 1.77. The number of hydrogen-bond acceptors (Lipinski definition) is 3. The van der Waals surface area contributed by atoms with E-state index in [2.05, 4.69) is 107 Å². The number of ether oxygens (including phenoxy) is 2. The van der Waals surface area contributed by atoms with Crippen LogP contribution in [0.2, 0.25) is 0 Å². The molecular weight excluding hydrogens is 480 g/mol. The molecule has 3 rings (SSSR count). The van der Waals surface area contributed by atoms with Crippen LogP contribution in [0.3, 0.4) is 0 Å². The smallest absolute Gasteiger partial charge is 0.343 e. The Bertz CT molecular complexity index is 1270. The van der Waals surface area contributed by atoms with Gasteiger partial charge in [-0.3, -0.25) is 0 Å². The van der Waals surface area contributed by atoms with Crippen LogP contribution >= 0.6 is 0 Å². The quantitative estimate of drug-likeness (QED) is 0.250. The molecule has 0 aliphatic rings. The molecule has 3 aromatic rings. The van der Waals surface area contributed by atoms with Gasteiger partial charge in [0.15, 0.2) is 0 Å². The highest BCUT2D eigenvalue weighted by atomic mass is 16.5. The lowest BCUT2D eigenvalue weighted by Crippen LogP contribution is -2.22. The van der Waals surface area contributed by atoms with Crippen LogP contribution in [0, 0.1) is 0 Å². The summed E-state index contributed by atoms with van der Waals surface area (Å²) in [6, 6.07) is 18.2. The third-order valence-electron chi connectivity index (χ3n) is 7.15. The maximum atomic E-state index is 13.3. The van der Waals surface area contributed by atoms with Crippen LogP contribution < -0.4 is 9.47 Å². The van der Waals surface area contributed by atoms with Crippen LogP contribution in [-0.4, -0.2) is 13.1 Å². The van der Waals surface area contributed by atoms with Gasteiger partial charge in [0.25, 0.3) is 0 Å². The molecule has 3 aromatic carbocycles. The molecule has 0 aromatic heterocycles. The van der Waals surface area contributed by atoms with Crippen LogP contribution in [0.4, 0.5) is 0 Å². The lowest BCUT2D eigenvalue weighted by atomic mass is 9.75. The van der Waals surface area contributed by atoms with Gasteiger partial charge in [-0.25, -0.2) is 4.79 Å². The van der Waals surface area contributed by atoms with Gasteiger partial charge in [-0.05, 0) is 69.2 Å². The number of esters is 1. The van der Waals surface area contributed by atoms with E-state index in [0.29, 0.717) is 11.3 Å². The molecule has 0 aliphatic carbocycles. The Morgan fingerprint density at radius 3 is 1.18 bits per heavy atom. The first-order valence-electron chi connectivity index (χ1n) is 13.9. The molecule has 0 unspecified atom stereocenters. The van der Waals surface area contributed by atoms with Crippen molar-refractivity contribution in [3.05, 3.63) is 82.4 Å². The first-order chi connectivity index (χ1) is 17.7. The van der Waals surface area contributed by atoms with Crippen molar-refractivity contribution >= 4 is 5.97 Å². The number of carbonyl (C=O) groups is 1. The van der Waals surface area contributed by atoms with E-state index < -0.39 is 0 Å². The van der Waals surface area contributed by atoms with E-state index in [9.17, 15) is 4.79 Å². The van der Waals surface area contributed by atoms with Crippen molar-refractivity contribution in [2.45, 2.75) is 105 Å². The minimum Gasteiger partial charge on any atom is -0.496 e. The predicted octanol–water partition coefficient (Wildman–Crippen LogP) is 9.77. The Hall–Kier alpha value is -3.07. The van der Waals surface area contributed by atoms with Crippen molar-refractivity contribution in [2.24, 2.45) is 0 Å². The van der Waals surface area contributed by atoms with Gasteiger partial charge >= 0.3 is 5.97 Å². The normalized spacial score (nSPS) is 12.8. The number of hydrogen-bond donors (Lipinski definition) is 0. The van der Waals surface area contributed by atoms with Gasteiger partial charge in [-0.2, -0.15) is 0 Å². The molecule has 0 fully saturated rings. The second-order valence-electron chi connectivity index (χ2n) is 14.8. The molecule has 0 saturated carbocycles. The molecule has 210 valence electrons. The highest BCUT2D eigenvalue weighted by molar-refractivity contribution is 5.91. The molecule has 0 N–H and O–H groups in total. The van der Waals surface area contributed by atoms with Crippen LogP contribution in [-0.2, 0) is 21.7 Å². The van der Waals surface area contributed by atoms with Crippen molar-refractivity contribution in [1.82, 2.24) is 0 Å². The van der Waals surface area contributed by atoms with Gasteiger partial charge in [0.1, 0.15) is 11.5 Å². The second-order valence-corrected chi connectivity index (χ2v) is 14.8. The Balaban J connectivity index is 2.38. The minimum atomic E-state index is -0.339.